The molecule has 1 saturated heterocycles. The molecule has 0 radical (unpaired) electrons. The molecule has 1 atom stereocenters. The van der Waals surface area contributed by atoms with Crippen LogP contribution in [0.1, 0.15) is 24.0 Å². The topological polar surface area (TPSA) is 75.9 Å². The predicted octanol–water partition coefficient (Wildman–Crippen LogP) is 3.21. The van der Waals surface area contributed by atoms with Crippen molar-refractivity contribution in [3.05, 3.63) is 66.2 Å². The molecule has 0 aliphatic carbocycles. The van der Waals surface area contributed by atoms with Gasteiger partial charge in [0, 0.05) is 44.4 Å². The van der Waals surface area contributed by atoms with Crippen LogP contribution in [0.4, 0.5) is 19.0 Å². The second kappa shape index (κ2) is 8.75. The van der Waals surface area contributed by atoms with Crippen LogP contribution < -0.4 is 10.2 Å². The van der Waals surface area contributed by atoms with E-state index < -0.39 is 17.7 Å². The van der Waals surface area contributed by atoms with Gasteiger partial charge in [-0.1, -0.05) is 0 Å². The number of nitrogens with one attached hydrogen (secondary N) is 1. The van der Waals surface area contributed by atoms with E-state index in [1.54, 1.807) is 40.3 Å². The Hall–Kier alpha value is -3.43. The number of anilines is 1. The van der Waals surface area contributed by atoms with Gasteiger partial charge in [0.1, 0.15) is 5.82 Å². The van der Waals surface area contributed by atoms with Crippen molar-refractivity contribution in [2.75, 3.05) is 18.0 Å². The molecular weight excluding hydrogens is 409 g/mol. The number of alkyl halides is 3. The lowest BCUT2D eigenvalue weighted by atomic mass is 9.96. The van der Waals surface area contributed by atoms with Crippen LogP contribution in [0.15, 0.2) is 55.1 Å². The van der Waals surface area contributed by atoms with Crippen molar-refractivity contribution in [3.63, 3.8) is 0 Å². The zero-order valence-electron chi connectivity index (χ0n) is 16.6. The van der Waals surface area contributed by atoms with Crippen LogP contribution in [0.2, 0.25) is 0 Å². The standard InChI is InChI=1S/C21H21F3N6O/c22-21(23,24)17-5-1-7-26-19(17)29-10-2-4-16(14-29)20(31)27-13-15-6-9-25-18(12-15)30-11-3-8-28-30/h1,3,5-9,11-12,16H,2,4,10,13-14H2,(H,27,31)/t16-/m0/s1. The third-order valence-electron chi connectivity index (χ3n) is 5.20. The number of amides is 1. The summed E-state index contributed by atoms with van der Waals surface area (Å²) in [5, 5.41) is 7.03. The molecule has 4 heterocycles. The van der Waals surface area contributed by atoms with E-state index >= 15 is 0 Å². The lowest BCUT2D eigenvalue weighted by molar-refractivity contribution is -0.137. The average molecular weight is 430 g/mol. The number of halogens is 3. The van der Waals surface area contributed by atoms with Crippen LogP contribution in [0.5, 0.6) is 0 Å². The van der Waals surface area contributed by atoms with Crippen molar-refractivity contribution in [2.45, 2.75) is 25.6 Å². The van der Waals surface area contributed by atoms with E-state index in [0.29, 0.717) is 31.7 Å². The van der Waals surface area contributed by atoms with Crippen molar-refractivity contribution < 1.29 is 18.0 Å². The molecule has 3 aromatic heterocycles. The molecule has 10 heteroatoms. The molecule has 31 heavy (non-hydrogen) atoms. The number of aromatic nitrogens is 4. The Bertz CT molecular complexity index is 1040. The summed E-state index contributed by atoms with van der Waals surface area (Å²) in [4.78, 5) is 22.5. The predicted molar refractivity (Wildman–Crippen MR) is 107 cm³/mol. The Morgan fingerprint density at radius 2 is 2.03 bits per heavy atom. The van der Waals surface area contributed by atoms with Gasteiger partial charge in [0.2, 0.25) is 5.91 Å². The minimum absolute atomic E-state index is 0.120. The molecule has 7 nitrogen and oxygen atoms in total. The summed E-state index contributed by atoms with van der Waals surface area (Å²) < 4.78 is 41.7. The van der Waals surface area contributed by atoms with Crippen molar-refractivity contribution >= 4 is 11.7 Å². The Balaban J connectivity index is 1.41. The summed E-state index contributed by atoms with van der Waals surface area (Å²) in [5.41, 5.74) is 0.0737. The fourth-order valence-corrected chi connectivity index (χ4v) is 3.69. The normalized spacial score (nSPS) is 16.9. The fourth-order valence-electron chi connectivity index (χ4n) is 3.69. The van der Waals surface area contributed by atoms with Gasteiger partial charge in [0.15, 0.2) is 5.82 Å². The highest BCUT2D eigenvalue weighted by molar-refractivity contribution is 5.79. The minimum atomic E-state index is -4.49. The van der Waals surface area contributed by atoms with Gasteiger partial charge in [0.25, 0.3) is 0 Å². The maximum absolute atomic E-state index is 13.3. The number of hydrogen-bond acceptors (Lipinski definition) is 5. The first-order valence-electron chi connectivity index (χ1n) is 9.91. The molecule has 4 rings (SSSR count). The Morgan fingerprint density at radius 3 is 2.81 bits per heavy atom. The zero-order valence-corrected chi connectivity index (χ0v) is 16.6. The number of nitrogens with zero attached hydrogens (tertiary/aromatic N) is 5. The maximum Gasteiger partial charge on any atom is 0.419 e. The minimum Gasteiger partial charge on any atom is -0.355 e. The van der Waals surface area contributed by atoms with Gasteiger partial charge in [-0.15, -0.1) is 0 Å². The summed E-state index contributed by atoms with van der Waals surface area (Å²) >= 11 is 0. The van der Waals surface area contributed by atoms with Gasteiger partial charge in [-0.05, 0) is 48.7 Å². The van der Waals surface area contributed by atoms with Gasteiger partial charge < -0.3 is 10.2 Å². The quantitative estimate of drug-likeness (QED) is 0.673. The fraction of sp³-hybridized carbons (Fsp3) is 0.333. The summed E-state index contributed by atoms with van der Waals surface area (Å²) in [6.45, 7) is 0.922. The van der Waals surface area contributed by atoms with Crippen LogP contribution in [0.3, 0.4) is 0 Å². The maximum atomic E-state index is 13.3. The third-order valence-corrected chi connectivity index (χ3v) is 5.20. The first-order chi connectivity index (χ1) is 14.9. The number of piperidine rings is 1. The lowest BCUT2D eigenvalue weighted by Crippen LogP contribution is -2.43. The monoisotopic (exact) mass is 430 g/mol. The SMILES string of the molecule is O=C(NCc1ccnc(-n2cccn2)c1)[C@H]1CCCN(c2ncccc2C(F)(F)F)C1. The van der Waals surface area contributed by atoms with Gasteiger partial charge >= 0.3 is 6.18 Å². The average Bonchev–Trinajstić information content (AvgIpc) is 3.32. The van der Waals surface area contributed by atoms with E-state index in [1.807, 2.05) is 6.07 Å². The van der Waals surface area contributed by atoms with Crippen LogP contribution in [-0.4, -0.2) is 38.7 Å². The largest absolute Gasteiger partial charge is 0.419 e. The summed E-state index contributed by atoms with van der Waals surface area (Å²) in [5.74, 6) is -0.0863. The van der Waals surface area contributed by atoms with Gasteiger partial charge in [0.05, 0.1) is 11.5 Å². The van der Waals surface area contributed by atoms with Crippen LogP contribution >= 0.6 is 0 Å². The van der Waals surface area contributed by atoms with E-state index in [0.717, 1.165) is 11.6 Å². The molecule has 0 spiro atoms. The molecule has 1 aliphatic heterocycles. The molecule has 1 aliphatic rings. The lowest BCUT2D eigenvalue weighted by Gasteiger charge is -2.34. The Kier molecular flexibility index (Phi) is 5.88. The molecule has 162 valence electrons. The highest BCUT2D eigenvalue weighted by Gasteiger charge is 2.37. The number of rotatable bonds is 5. The zero-order chi connectivity index (χ0) is 21.8. The number of carbonyl (C=O) groups is 1. The Morgan fingerprint density at radius 1 is 1.16 bits per heavy atom. The van der Waals surface area contributed by atoms with Crippen molar-refractivity contribution in [3.8, 4) is 5.82 Å². The highest BCUT2D eigenvalue weighted by Crippen LogP contribution is 2.36. The second-order valence-electron chi connectivity index (χ2n) is 7.35. The Labute approximate surface area is 176 Å². The molecule has 0 aromatic carbocycles. The molecule has 1 amide bonds. The van der Waals surface area contributed by atoms with E-state index in [-0.39, 0.29) is 18.3 Å². The van der Waals surface area contributed by atoms with Crippen molar-refractivity contribution in [2.24, 2.45) is 5.92 Å². The molecule has 0 bridgehead atoms. The first-order valence-corrected chi connectivity index (χ1v) is 9.91. The van der Waals surface area contributed by atoms with Crippen LogP contribution in [-0.2, 0) is 17.5 Å². The van der Waals surface area contributed by atoms with Crippen LogP contribution in [0, 0.1) is 5.92 Å². The third kappa shape index (κ3) is 4.84. The molecular formula is C21H21F3N6O. The van der Waals surface area contributed by atoms with Crippen molar-refractivity contribution in [1.29, 1.82) is 0 Å². The summed E-state index contributed by atoms with van der Waals surface area (Å²) in [6.07, 6.45) is 3.14. The van der Waals surface area contributed by atoms with E-state index in [4.69, 9.17) is 0 Å². The molecule has 3 aromatic rings. The van der Waals surface area contributed by atoms with Gasteiger partial charge in [-0.3, -0.25) is 4.79 Å². The molecule has 0 saturated carbocycles. The first kappa shape index (κ1) is 20.8. The smallest absolute Gasteiger partial charge is 0.355 e. The molecule has 0 unspecified atom stereocenters. The number of pyridine rings is 2. The van der Waals surface area contributed by atoms with Gasteiger partial charge in [-0.25, -0.2) is 14.6 Å². The second-order valence-corrected chi connectivity index (χ2v) is 7.35. The summed E-state index contributed by atoms with van der Waals surface area (Å²) in [6, 6.07) is 7.70. The molecule has 1 N–H and O–H groups in total. The van der Waals surface area contributed by atoms with E-state index in [1.165, 1.54) is 12.3 Å². The highest BCUT2D eigenvalue weighted by atomic mass is 19.4. The number of hydrogen-bond donors (Lipinski definition) is 1. The van der Waals surface area contributed by atoms with Crippen LogP contribution in [0.25, 0.3) is 5.82 Å². The van der Waals surface area contributed by atoms with E-state index in [2.05, 4.69) is 20.4 Å². The van der Waals surface area contributed by atoms with E-state index in [9.17, 15) is 18.0 Å². The van der Waals surface area contributed by atoms with Crippen molar-refractivity contribution in [1.82, 2.24) is 25.1 Å². The number of carbonyl (C=O) groups excluding carboxylic acids is 1. The van der Waals surface area contributed by atoms with Gasteiger partial charge in [-0.2, -0.15) is 18.3 Å². The summed E-state index contributed by atoms with van der Waals surface area (Å²) in [7, 11) is 0. The molecule has 1 fully saturated rings.